The third-order valence-electron chi connectivity index (χ3n) is 4.51. The van der Waals surface area contributed by atoms with Crippen molar-refractivity contribution in [1.29, 1.82) is 0 Å². The van der Waals surface area contributed by atoms with E-state index in [0.717, 1.165) is 12.1 Å². The van der Waals surface area contributed by atoms with E-state index in [-0.39, 0.29) is 29.9 Å². The van der Waals surface area contributed by atoms with Crippen molar-refractivity contribution in [3.8, 4) is 0 Å². The highest BCUT2D eigenvalue weighted by Gasteiger charge is 2.22. The molecule has 0 radical (unpaired) electrons. The molecule has 1 aliphatic heterocycles. The van der Waals surface area contributed by atoms with Gasteiger partial charge in [-0.1, -0.05) is 6.07 Å². The van der Waals surface area contributed by atoms with Gasteiger partial charge in [-0.25, -0.2) is 13.1 Å². The van der Waals surface area contributed by atoms with Crippen molar-refractivity contribution in [3.05, 3.63) is 54.1 Å². The smallest absolute Gasteiger partial charge is 0.255 e. The van der Waals surface area contributed by atoms with E-state index in [0.29, 0.717) is 24.2 Å². The second kappa shape index (κ2) is 9.17. The zero-order valence-electron chi connectivity index (χ0n) is 16.1. The zero-order valence-corrected chi connectivity index (χ0v) is 16.9. The van der Waals surface area contributed by atoms with Crippen molar-refractivity contribution in [2.45, 2.75) is 17.7 Å². The molecule has 3 rings (SSSR count). The number of anilines is 2. The molecule has 2 N–H and O–H groups in total. The number of carbonyl (C=O) groups is 2. The molecule has 8 nitrogen and oxygen atoms in total. The van der Waals surface area contributed by atoms with Crippen LogP contribution in [0.1, 0.15) is 23.2 Å². The van der Waals surface area contributed by atoms with Gasteiger partial charge in [0.05, 0.1) is 11.5 Å². The minimum Gasteiger partial charge on any atom is -0.383 e. The highest BCUT2D eigenvalue weighted by molar-refractivity contribution is 7.89. The van der Waals surface area contributed by atoms with Gasteiger partial charge in [0.25, 0.3) is 5.91 Å². The Morgan fingerprint density at radius 2 is 1.93 bits per heavy atom. The fourth-order valence-corrected chi connectivity index (χ4v) is 4.04. The molecule has 1 aliphatic rings. The number of hydrogen-bond acceptors (Lipinski definition) is 5. The SMILES string of the molecule is COCCNS(=O)(=O)c1ccc(C(=O)Nc2cccc(N3CCCC3=O)c2)cc1. The van der Waals surface area contributed by atoms with Gasteiger partial charge in [0, 0.05) is 43.6 Å². The first kappa shape index (κ1) is 21.0. The number of amides is 2. The van der Waals surface area contributed by atoms with Gasteiger partial charge in [-0.2, -0.15) is 0 Å². The van der Waals surface area contributed by atoms with Crippen LogP contribution in [0.3, 0.4) is 0 Å². The first-order chi connectivity index (χ1) is 13.9. The maximum Gasteiger partial charge on any atom is 0.255 e. The number of nitrogens with one attached hydrogen (secondary N) is 2. The molecule has 0 aromatic heterocycles. The van der Waals surface area contributed by atoms with Crippen LogP contribution in [-0.2, 0) is 19.6 Å². The summed E-state index contributed by atoms with van der Waals surface area (Å²) >= 11 is 0. The number of sulfonamides is 1. The predicted octanol–water partition coefficient (Wildman–Crippen LogP) is 1.99. The molecule has 29 heavy (non-hydrogen) atoms. The molecule has 0 spiro atoms. The average Bonchev–Trinajstić information content (AvgIpc) is 3.14. The summed E-state index contributed by atoms with van der Waals surface area (Å²) in [6, 6.07) is 12.8. The van der Waals surface area contributed by atoms with Crippen molar-refractivity contribution in [1.82, 2.24) is 4.72 Å². The van der Waals surface area contributed by atoms with Crippen LogP contribution in [0.4, 0.5) is 11.4 Å². The van der Waals surface area contributed by atoms with E-state index in [4.69, 9.17) is 4.74 Å². The summed E-state index contributed by atoms with van der Waals surface area (Å²) in [7, 11) is -2.17. The molecule has 2 aromatic rings. The summed E-state index contributed by atoms with van der Waals surface area (Å²) in [5, 5.41) is 2.78. The molecule has 1 saturated heterocycles. The Balaban J connectivity index is 1.68. The fourth-order valence-electron chi connectivity index (χ4n) is 3.02. The third-order valence-corrected chi connectivity index (χ3v) is 5.99. The summed E-state index contributed by atoms with van der Waals surface area (Å²) in [6.07, 6.45) is 1.36. The van der Waals surface area contributed by atoms with Crippen LogP contribution in [-0.4, -0.2) is 47.0 Å². The molecule has 1 heterocycles. The lowest BCUT2D eigenvalue weighted by Gasteiger charge is -2.16. The van der Waals surface area contributed by atoms with Crippen LogP contribution in [0.15, 0.2) is 53.4 Å². The molecular formula is C20H23N3O5S. The Labute approximate surface area is 169 Å². The van der Waals surface area contributed by atoms with Crippen LogP contribution >= 0.6 is 0 Å². The van der Waals surface area contributed by atoms with Crippen LogP contribution in [0, 0.1) is 0 Å². The standard InChI is InChI=1S/C20H23N3O5S/c1-28-13-11-21-29(26,27)18-9-7-15(8-10-18)20(25)22-16-4-2-5-17(14-16)23-12-3-6-19(23)24/h2,4-5,7-10,14,21H,3,6,11-13H2,1H3,(H,22,25). The second-order valence-corrected chi connectivity index (χ2v) is 8.34. The van der Waals surface area contributed by atoms with E-state index in [1.807, 2.05) is 6.07 Å². The van der Waals surface area contributed by atoms with E-state index >= 15 is 0 Å². The molecule has 154 valence electrons. The molecule has 0 saturated carbocycles. The van der Waals surface area contributed by atoms with Gasteiger partial charge in [0.15, 0.2) is 0 Å². The molecule has 0 unspecified atom stereocenters. The van der Waals surface area contributed by atoms with Gasteiger partial charge in [-0.3, -0.25) is 9.59 Å². The van der Waals surface area contributed by atoms with Gasteiger partial charge < -0.3 is 15.0 Å². The van der Waals surface area contributed by atoms with Gasteiger partial charge in [-0.05, 0) is 48.9 Å². The summed E-state index contributed by atoms with van der Waals surface area (Å²) < 4.78 is 31.6. The Bertz CT molecular complexity index is 989. The van der Waals surface area contributed by atoms with E-state index < -0.39 is 10.0 Å². The van der Waals surface area contributed by atoms with E-state index in [9.17, 15) is 18.0 Å². The Hall–Kier alpha value is -2.75. The highest BCUT2D eigenvalue weighted by atomic mass is 32.2. The lowest BCUT2D eigenvalue weighted by Crippen LogP contribution is -2.27. The molecule has 0 atom stereocenters. The molecule has 2 amide bonds. The fraction of sp³-hybridized carbons (Fsp3) is 0.300. The van der Waals surface area contributed by atoms with E-state index in [2.05, 4.69) is 10.0 Å². The van der Waals surface area contributed by atoms with Gasteiger partial charge in [0.2, 0.25) is 15.9 Å². The van der Waals surface area contributed by atoms with E-state index in [1.54, 1.807) is 23.1 Å². The average molecular weight is 417 g/mol. The molecular weight excluding hydrogens is 394 g/mol. The normalized spacial score (nSPS) is 14.2. The number of rotatable bonds is 8. The van der Waals surface area contributed by atoms with Gasteiger partial charge in [0.1, 0.15) is 0 Å². The van der Waals surface area contributed by atoms with Crippen LogP contribution < -0.4 is 14.9 Å². The van der Waals surface area contributed by atoms with Gasteiger partial charge >= 0.3 is 0 Å². The van der Waals surface area contributed by atoms with E-state index in [1.165, 1.54) is 31.4 Å². The molecule has 0 aliphatic carbocycles. The first-order valence-corrected chi connectivity index (χ1v) is 10.7. The maximum absolute atomic E-state index is 12.5. The highest BCUT2D eigenvalue weighted by Crippen LogP contribution is 2.24. The maximum atomic E-state index is 12.5. The topological polar surface area (TPSA) is 105 Å². The second-order valence-electron chi connectivity index (χ2n) is 6.57. The van der Waals surface area contributed by atoms with Crippen molar-refractivity contribution >= 4 is 33.2 Å². The lowest BCUT2D eigenvalue weighted by atomic mass is 10.2. The van der Waals surface area contributed by atoms with Crippen LogP contribution in [0.25, 0.3) is 0 Å². The van der Waals surface area contributed by atoms with Crippen molar-refractivity contribution in [2.24, 2.45) is 0 Å². The summed E-state index contributed by atoms with van der Waals surface area (Å²) in [5.74, 6) is -0.296. The molecule has 9 heteroatoms. The van der Waals surface area contributed by atoms with Crippen LogP contribution in [0.5, 0.6) is 0 Å². The lowest BCUT2D eigenvalue weighted by molar-refractivity contribution is -0.117. The quantitative estimate of drug-likeness (QED) is 0.639. The minimum absolute atomic E-state index is 0.0692. The Kier molecular flexibility index (Phi) is 6.63. The molecule has 0 bridgehead atoms. The van der Waals surface area contributed by atoms with Crippen molar-refractivity contribution < 1.29 is 22.7 Å². The number of benzene rings is 2. The third kappa shape index (κ3) is 5.20. The first-order valence-electron chi connectivity index (χ1n) is 9.21. The monoisotopic (exact) mass is 417 g/mol. The number of carbonyl (C=O) groups excluding carboxylic acids is 2. The molecule has 2 aromatic carbocycles. The summed E-state index contributed by atoms with van der Waals surface area (Å²) in [4.78, 5) is 26.2. The number of ether oxygens (including phenoxy) is 1. The largest absolute Gasteiger partial charge is 0.383 e. The predicted molar refractivity (Wildman–Crippen MR) is 109 cm³/mol. The summed E-state index contributed by atoms with van der Waals surface area (Å²) in [5.41, 5.74) is 1.63. The zero-order chi connectivity index (χ0) is 20.9. The van der Waals surface area contributed by atoms with Crippen LogP contribution in [0.2, 0.25) is 0 Å². The number of nitrogens with zero attached hydrogens (tertiary/aromatic N) is 1. The number of hydrogen-bond donors (Lipinski definition) is 2. The van der Waals surface area contributed by atoms with Gasteiger partial charge in [-0.15, -0.1) is 0 Å². The number of methoxy groups -OCH3 is 1. The van der Waals surface area contributed by atoms with Crippen molar-refractivity contribution in [3.63, 3.8) is 0 Å². The molecule has 1 fully saturated rings. The summed E-state index contributed by atoms with van der Waals surface area (Å²) in [6.45, 7) is 1.10. The Morgan fingerprint density at radius 3 is 2.59 bits per heavy atom. The Morgan fingerprint density at radius 1 is 1.17 bits per heavy atom. The van der Waals surface area contributed by atoms with Crippen molar-refractivity contribution in [2.75, 3.05) is 37.0 Å². The minimum atomic E-state index is -3.65.